The number of halogens is 3. The van der Waals surface area contributed by atoms with Crippen molar-refractivity contribution < 1.29 is 13.2 Å². The molecule has 0 amide bonds. The zero-order chi connectivity index (χ0) is 13.2. The Morgan fingerprint density at radius 3 is 2.56 bits per heavy atom. The van der Waals surface area contributed by atoms with Gasteiger partial charge in [-0.25, -0.2) is 4.98 Å². The van der Waals surface area contributed by atoms with Crippen LogP contribution in [0.5, 0.6) is 0 Å². The molecule has 1 aromatic rings. The normalized spacial score (nSPS) is 29.4. The van der Waals surface area contributed by atoms with Crippen molar-refractivity contribution in [3.05, 3.63) is 16.6 Å². The summed E-state index contributed by atoms with van der Waals surface area (Å²) < 4.78 is 38.1. The van der Waals surface area contributed by atoms with E-state index in [0.29, 0.717) is 12.8 Å². The van der Waals surface area contributed by atoms with Gasteiger partial charge in [0.25, 0.3) is 0 Å². The Morgan fingerprint density at radius 2 is 2.11 bits per heavy atom. The van der Waals surface area contributed by atoms with E-state index in [1.54, 1.807) is 6.20 Å². The molecule has 1 aliphatic rings. The Kier molecular flexibility index (Phi) is 3.96. The highest BCUT2D eigenvalue weighted by molar-refractivity contribution is 7.09. The lowest BCUT2D eigenvalue weighted by Gasteiger charge is -2.39. The predicted molar refractivity (Wildman–Crippen MR) is 65.5 cm³/mol. The highest BCUT2D eigenvalue weighted by atomic mass is 32.1. The van der Waals surface area contributed by atoms with Crippen LogP contribution in [0.15, 0.2) is 11.6 Å². The maximum Gasteiger partial charge on any atom is 0.391 e. The first-order chi connectivity index (χ1) is 8.48. The van der Waals surface area contributed by atoms with E-state index in [9.17, 15) is 13.2 Å². The molecule has 0 atom stereocenters. The van der Waals surface area contributed by atoms with Crippen LogP contribution < -0.4 is 5.32 Å². The maximum absolute atomic E-state index is 12.7. The van der Waals surface area contributed by atoms with E-state index in [2.05, 4.69) is 10.3 Å². The topological polar surface area (TPSA) is 24.9 Å². The van der Waals surface area contributed by atoms with Gasteiger partial charge in [0.15, 0.2) is 0 Å². The summed E-state index contributed by atoms with van der Waals surface area (Å²) in [6.07, 6.45) is -0.931. The van der Waals surface area contributed by atoms with Crippen LogP contribution in [0.4, 0.5) is 13.2 Å². The lowest BCUT2D eigenvalue weighted by Crippen LogP contribution is -2.46. The van der Waals surface area contributed by atoms with E-state index in [1.165, 1.54) is 11.3 Å². The number of hydrogen-bond donors (Lipinski definition) is 1. The molecule has 0 unspecified atom stereocenters. The fraction of sp³-hybridized carbons (Fsp3) is 0.750. The smallest absolute Gasteiger partial charge is 0.306 e. The molecule has 2 nitrogen and oxygen atoms in total. The minimum Gasteiger partial charge on any atom is -0.306 e. The Hall–Kier alpha value is -0.620. The second kappa shape index (κ2) is 5.17. The molecule has 102 valence electrons. The Balaban J connectivity index is 2.12. The Bertz CT molecular complexity index is 367. The molecular formula is C12H17F3N2S. The van der Waals surface area contributed by atoms with Crippen LogP contribution >= 0.6 is 11.3 Å². The minimum absolute atomic E-state index is 0.191. The average Bonchev–Trinajstić information content (AvgIpc) is 2.82. The van der Waals surface area contributed by atoms with E-state index < -0.39 is 12.1 Å². The molecule has 0 aliphatic heterocycles. The molecule has 0 aromatic carbocycles. The van der Waals surface area contributed by atoms with E-state index in [4.69, 9.17) is 0 Å². The van der Waals surface area contributed by atoms with Crippen LogP contribution in [0, 0.1) is 5.92 Å². The first-order valence-corrected chi connectivity index (χ1v) is 7.07. The van der Waals surface area contributed by atoms with Gasteiger partial charge in [-0.1, -0.05) is 6.92 Å². The third kappa shape index (κ3) is 2.69. The number of thiazole rings is 1. The minimum atomic E-state index is -4.05. The first-order valence-electron chi connectivity index (χ1n) is 6.19. The van der Waals surface area contributed by atoms with Gasteiger partial charge in [0, 0.05) is 11.6 Å². The number of nitrogens with one attached hydrogen (secondary N) is 1. The Labute approximate surface area is 109 Å². The standard InChI is InChI=1S/C12H17F3N2S/c1-2-17-11(10-16-7-8-18-10)5-3-9(4-6-11)12(13,14)15/h7-9,17H,2-6H2,1H3. The SMILES string of the molecule is CCNC1(c2nccs2)CCC(C(F)(F)F)CC1. The quantitative estimate of drug-likeness (QED) is 0.912. The highest BCUT2D eigenvalue weighted by Gasteiger charge is 2.46. The zero-order valence-corrected chi connectivity index (χ0v) is 11.1. The molecule has 1 saturated carbocycles. The summed E-state index contributed by atoms with van der Waals surface area (Å²) in [5, 5.41) is 6.15. The molecule has 1 aliphatic carbocycles. The summed E-state index contributed by atoms with van der Waals surface area (Å²) in [5.41, 5.74) is -0.343. The van der Waals surface area contributed by atoms with Crippen molar-refractivity contribution in [3.63, 3.8) is 0 Å². The molecule has 6 heteroatoms. The molecule has 1 fully saturated rings. The lowest BCUT2D eigenvalue weighted by molar-refractivity contribution is -0.185. The second-order valence-corrected chi connectivity index (χ2v) is 5.66. The molecule has 0 radical (unpaired) electrons. The van der Waals surface area contributed by atoms with Crippen molar-refractivity contribution in [1.82, 2.24) is 10.3 Å². The molecule has 0 saturated heterocycles. The number of alkyl halides is 3. The monoisotopic (exact) mass is 278 g/mol. The molecule has 1 aromatic heterocycles. The summed E-state index contributed by atoms with van der Waals surface area (Å²) in [5.74, 6) is -1.15. The fourth-order valence-corrected chi connectivity index (χ4v) is 3.58. The fourth-order valence-electron chi connectivity index (χ4n) is 2.70. The van der Waals surface area contributed by atoms with Crippen LogP contribution in [0.3, 0.4) is 0 Å². The summed E-state index contributed by atoms with van der Waals surface area (Å²) in [6, 6.07) is 0. The predicted octanol–water partition coefficient (Wildman–Crippen LogP) is 3.70. The van der Waals surface area contributed by atoms with Crippen LogP contribution in [0.1, 0.15) is 37.6 Å². The van der Waals surface area contributed by atoms with Crippen molar-refractivity contribution in [2.75, 3.05) is 6.54 Å². The molecule has 2 rings (SSSR count). The van der Waals surface area contributed by atoms with Crippen molar-refractivity contribution >= 4 is 11.3 Å². The summed E-state index contributed by atoms with van der Waals surface area (Å²) in [6.45, 7) is 2.72. The molecular weight excluding hydrogens is 261 g/mol. The number of rotatable bonds is 3. The highest BCUT2D eigenvalue weighted by Crippen LogP contribution is 2.45. The molecule has 18 heavy (non-hydrogen) atoms. The van der Waals surface area contributed by atoms with Crippen molar-refractivity contribution in [1.29, 1.82) is 0 Å². The Morgan fingerprint density at radius 1 is 1.44 bits per heavy atom. The van der Waals surface area contributed by atoms with Gasteiger partial charge in [-0.15, -0.1) is 11.3 Å². The third-order valence-electron chi connectivity index (χ3n) is 3.66. The third-order valence-corrected chi connectivity index (χ3v) is 4.64. The van der Waals surface area contributed by atoms with E-state index in [-0.39, 0.29) is 18.4 Å². The van der Waals surface area contributed by atoms with Gasteiger partial charge in [0.2, 0.25) is 0 Å². The van der Waals surface area contributed by atoms with Crippen molar-refractivity contribution in [3.8, 4) is 0 Å². The van der Waals surface area contributed by atoms with Crippen LogP contribution in [-0.2, 0) is 5.54 Å². The van der Waals surface area contributed by atoms with Crippen molar-refractivity contribution in [2.24, 2.45) is 5.92 Å². The zero-order valence-electron chi connectivity index (χ0n) is 10.3. The lowest BCUT2D eigenvalue weighted by atomic mass is 9.76. The van der Waals surface area contributed by atoms with E-state index in [1.807, 2.05) is 12.3 Å². The number of nitrogens with zero attached hydrogens (tertiary/aromatic N) is 1. The van der Waals surface area contributed by atoms with Crippen LogP contribution in [-0.4, -0.2) is 17.7 Å². The first kappa shape index (κ1) is 13.8. The molecule has 1 heterocycles. The van der Waals surface area contributed by atoms with Crippen molar-refractivity contribution in [2.45, 2.75) is 44.3 Å². The van der Waals surface area contributed by atoms with Crippen LogP contribution in [0.25, 0.3) is 0 Å². The molecule has 1 N–H and O–H groups in total. The van der Waals surface area contributed by atoms with Gasteiger partial charge in [0.05, 0.1) is 11.5 Å². The number of aromatic nitrogens is 1. The van der Waals surface area contributed by atoms with Gasteiger partial charge in [-0.3, -0.25) is 0 Å². The van der Waals surface area contributed by atoms with Gasteiger partial charge < -0.3 is 5.32 Å². The van der Waals surface area contributed by atoms with E-state index in [0.717, 1.165) is 11.6 Å². The molecule has 0 bridgehead atoms. The summed E-state index contributed by atoms with van der Waals surface area (Å²) >= 11 is 1.52. The second-order valence-electron chi connectivity index (χ2n) is 4.77. The maximum atomic E-state index is 12.7. The van der Waals surface area contributed by atoms with Gasteiger partial charge in [-0.05, 0) is 32.2 Å². The molecule has 0 spiro atoms. The average molecular weight is 278 g/mol. The van der Waals surface area contributed by atoms with Gasteiger partial charge in [-0.2, -0.15) is 13.2 Å². The largest absolute Gasteiger partial charge is 0.391 e. The van der Waals surface area contributed by atoms with Crippen LogP contribution in [0.2, 0.25) is 0 Å². The number of hydrogen-bond acceptors (Lipinski definition) is 3. The summed E-state index contributed by atoms with van der Waals surface area (Å²) in [7, 11) is 0. The summed E-state index contributed by atoms with van der Waals surface area (Å²) in [4.78, 5) is 4.29. The van der Waals surface area contributed by atoms with Gasteiger partial charge >= 0.3 is 6.18 Å². The van der Waals surface area contributed by atoms with Gasteiger partial charge in [0.1, 0.15) is 5.01 Å². The van der Waals surface area contributed by atoms with E-state index >= 15 is 0 Å².